The zero-order chi connectivity index (χ0) is 22.5. The van der Waals surface area contributed by atoms with Gasteiger partial charge in [-0.3, -0.25) is 14.7 Å². The van der Waals surface area contributed by atoms with Gasteiger partial charge in [0.15, 0.2) is 0 Å². The number of hydrogen-bond donors (Lipinski definition) is 3. The summed E-state index contributed by atoms with van der Waals surface area (Å²) in [5.41, 5.74) is 2.67. The van der Waals surface area contributed by atoms with E-state index in [0.717, 1.165) is 11.1 Å². The number of hydrogen-bond acceptors (Lipinski definition) is 6. The molecule has 2 aromatic carbocycles. The van der Waals surface area contributed by atoms with Crippen LogP contribution in [0.4, 0.5) is 5.69 Å². The summed E-state index contributed by atoms with van der Waals surface area (Å²) in [5.74, 6) is 0.250. The van der Waals surface area contributed by atoms with Crippen molar-refractivity contribution in [2.24, 2.45) is 0 Å². The Kier molecular flexibility index (Phi) is 6.46. The Labute approximate surface area is 185 Å². The van der Waals surface area contributed by atoms with E-state index < -0.39 is 11.9 Å². The van der Waals surface area contributed by atoms with Crippen LogP contribution in [-0.2, 0) is 17.6 Å². The Morgan fingerprint density at radius 1 is 1.25 bits per heavy atom. The van der Waals surface area contributed by atoms with Crippen LogP contribution in [0.3, 0.4) is 0 Å². The van der Waals surface area contributed by atoms with Crippen LogP contribution < -0.4 is 15.0 Å². The minimum absolute atomic E-state index is 0.000798. The summed E-state index contributed by atoms with van der Waals surface area (Å²) in [6, 6.07) is 14.4. The molecule has 166 valence electrons. The number of likely N-dealkylation sites (N-methyl/N-ethyl adjacent to an activating group) is 1. The predicted molar refractivity (Wildman–Crippen MR) is 118 cm³/mol. The van der Waals surface area contributed by atoms with E-state index in [9.17, 15) is 9.59 Å². The number of amides is 2. The summed E-state index contributed by atoms with van der Waals surface area (Å²) < 4.78 is 5.81. The van der Waals surface area contributed by atoms with E-state index >= 15 is 0 Å². The molecule has 0 fully saturated rings. The lowest BCUT2D eigenvalue weighted by Crippen LogP contribution is -2.49. The molecular formula is C23H25N5O4. The topological polar surface area (TPSA) is 120 Å². The molecule has 0 aliphatic carbocycles. The van der Waals surface area contributed by atoms with Gasteiger partial charge in [-0.25, -0.2) is 4.98 Å². The molecule has 9 nitrogen and oxygen atoms in total. The van der Waals surface area contributed by atoms with Gasteiger partial charge in [-0.1, -0.05) is 36.4 Å². The molecule has 3 N–H and O–H groups in total. The lowest BCUT2D eigenvalue weighted by atomic mass is 10.1. The predicted octanol–water partition coefficient (Wildman–Crippen LogP) is 1.47. The molecule has 1 aliphatic heterocycles. The van der Waals surface area contributed by atoms with Crippen molar-refractivity contribution in [2.45, 2.75) is 25.3 Å². The van der Waals surface area contributed by atoms with Gasteiger partial charge in [-0.15, -0.1) is 5.10 Å². The van der Waals surface area contributed by atoms with Crippen molar-refractivity contribution in [3.63, 3.8) is 0 Å². The maximum Gasteiger partial charge on any atom is 0.291 e. The van der Waals surface area contributed by atoms with Crippen molar-refractivity contribution in [2.75, 3.05) is 25.2 Å². The molecule has 0 unspecified atom stereocenters. The molecular weight excluding hydrogens is 410 g/mol. The van der Waals surface area contributed by atoms with Crippen LogP contribution in [0.2, 0.25) is 0 Å². The number of fused-ring (bicyclic) bond motifs is 1. The quantitative estimate of drug-likeness (QED) is 0.517. The summed E-state index contributed by atoms with van der Waals surface area (Å²) in [4.78, 5) is 31.4. The second-order valence-corrected chi connectivity index (χ2v) is 7.63. The highest BCUT2D eigenvalue weighted by Crippen LogP contribution is 2.32. The third kappa shape index (κ3) is 4.78. The number of H-pyrrole nitrogens is 1. The Bertz CT molecular complexity index is 1100. The number of aromatic nitrogens is 3. The van der Waals surface area contributed by atoms with Crippen LogP contribution in [0, 0.1) is 0 Å². The van der Waals surface area contributed by atoms with Gasteiger partial charge in [0.2, 0.25) is 5.82 Å². The monoisotopic (exact) mass is 435 g/mol. The maximum atomic E-state index is 13.0. The summed E-state index contributed by atoms with van der Waals surface area (Å²) in [6.45, 7) is 0.101. The second kappa shape index (κ2) is 9.61. The fraction of sp³-hybridized carbons (Fsp3) is 0.304. The second-order valence-electron chi connectivity index (χ2n) is 7.63. The van der Waals surface area contributed by atoms with Gasteiger partial charge in [0.05, 0.1) is 5.69 Å². The van der Waals surface area contributed by atoms with E-state index in [4.69, 9.17) is 9.84 Å². The molecule has 0 bridgehead atoms. The summed E-state index contributed by atoms with van der Waals surface area (Å²) >= 11 is 0. The fourth-order valence-corrected chi connectivity index (χ4v) is 3.57. The number of aromatic amines is 1. The molecule has 9 heteroatoms. The first-order valence-electron chi connectivity index (χ1n) is 10.5. The number of aryl methyl sites for hydroxylation is 1. The van der Waals surface area contributed by atoms with Crippen LogP contribution in [0.5, 0.6) is 5.75 Å². The highest BCUT2D eigenvalue weighted by atomic mass is 16.5. The highest BCUT2D eigenvalue weighted by molar-refractivity contribution is 6.02. The number of carbonyl (C=O) groups excluding carboxylic acids is 2. The lowest BCUT2D eigenvalue weighted by Gasteiger charge is -2.20. The van der Waals surface area contributed by atoms with Crippen molar-refractivity contribution < 1.29 is 19.4 Å². The summed E-state index contributed by atoms with van der Waals surface area (Å²) in [6.07, 6.45) is 1.85. The smallest absolute Gasteiger partial charge is 0.291 e. The molecule has 0 spiro atoms. The van der Waals surface area contributed by atoms with Crippen LogP contribution in [-0.4, -0.2) is 58.4 Å². The molecule has 1 aliphatic rings. The molecule has 4 rings (SSSR count). The fourth-order valence-electron chi connectivity index (χ4n) is 3.57. The molecule has 0 saturated heterocycles. The molecule has 1 aromatic heterocycles. The zero-order valence-corrected chi connectivity index (χ0v) is 17.7. The van der Waals surface area contributed by atoms with E-state index in [1.807, 2.05) is 42.5 Å². The number of aliphatic hydroxyl groups excluding tert-OH is 1. The van der Waals surface area contributed by atoms with Gasteiger partial charge >= 0.3 is 0 Å². The van der Waals surface area contributed by atoms with Gasteiger partial charge in [0, 0.05) is 20.1 Å². The number of benzene rings is 2. The van der Waals surface area contributed by atoms with Crippen molar-refractivity contribution in [1.29, 1.82) is 0 Å². The van der Waals surface area contributed by atoms with Crippen molar-refractivity contribution >= 4 is 17.5 Å². The number of ether oxygens (including phenoxy) is 1. The highest BCUT2D eigenvalue weighted by Gasteiger charge is 2.31. The normalized spacial score (nSPS) is 15.6. The molecule has 2 amide bonds. The summed E-state index contributed by atoms with van der Waals surface area (Å²) in [5, 5.41) is 18.5. The first kappa shape index (κ1) is 21.5. The van der Waals surface area contributed by atoms with Gasteiger partial charge in [0.1, 0.15) is 24.2 Å². The van der Waals surface area contributed by atoms with E-state index in [1.54, 1.807) is 13.1 Å². The van der Waals surface area contributed by atoms with Gasteiger partial charge in [-0.05, 0) is 36.1 Å². The third-order valence-corrected chi connectivity index (χ3v) is 5.30. The number of nitrogens with zero attached hydrogens (tertiary/aromatic N) is 3. The summed E-state index contributed by atoms with van der Waals surface area (Å²) in [7, 11) is 1.65. The average molecular weight is 435 g/mol. The van der Waals surface area contributed by atoms with Crippen molar-refractivity contribution in [1.82, 2.24) is 20.5 Å². The number of nitrogens with one attached hydrogen (secondary N) is 2. The van der Waals surface area contributed by atoms with Gasteiger partial charge < -0.3 is 20.1 Å². The number of anilines is 1. The minimum Gasteiger partial charge on any atom is -0.489 e. The molecule has 3 aromatic rings. The van der Waals surface area contributed by atoms with E-state index in [1.165, 1.54) is 4.90 Å². The number of aliphatic hydroxyl groups is 1. The SMILES string of the molecule is CN1C(=O)[C@H](NC(=O)c2n[nH]c(Cc3ccccc3)n2)COc2ccc(CCCO)cc21. The van der Waals surface area contributed by atoms with Crippen LogP contribution in [0.1, 0.15) is 34.0 Å². The van der Waals surface area contributed by atoms with Gasteiger partial charge in [-0.2, -0.15) is 0 Å². The average Bonchev–Trinajstić information content (AvgIpc) is 3.24. The number of rotatable bonds is 7. The Morgan fingerprint density at radius 2 is 2.06 bits per heavy atom. The van der Waals surface area contributed by atoms with Crippen LogP contribution in [0.15, 0.2) is 48.5 Å². The molecule has 1 atom stereocenters. The van der Waals surface area contributed by atoms with Crippen LogP contribution >= 0.6 is 0 Å². The Hall–Kier alpha value is -3.72. The molecule has 2 heterocycles. The van der Waals surface area contributed by atoms with E-state index in [-0.39, 0.29) is 24.9 Å². The molecule has 0 radical (unpaired) electrons. The van der Waals surface area contributed by atoms with Crippen molar-refractivity contribution in [3.05, 3.63) is 71.3 Å². The molecule has 0 saturated carbocycles. The van der Waals surface area contributed by atoms with Crippen LogP contribution in [0.25, 0.3) is 0 Å². The van der Waals surface area contributed by atoms with E-state index in [2.05, 4.69) is 20.5 Å². The lowest BCUT2D eigenvalue weighted by molar-refractivity contribution is -0.120. The third-order valence-electron chi connectivity index (χ3n) is 5.30. The zero-order valence-electron chi connectivity index (χ0n) is 17.7. The Balaban J connectivity index is 1.43. The Morgan fingerprint density at radius 3 is 2.84 bits per heavy atom. The standard InChI is InChI=1S/C23H25N5O4/c1-28-18-12-16(8-5-11-29)9-10-19(18)32-14-17(23(28)31)24-22(30)21-25-20(26-27-21)13-15-6-3-2-4-7-15/h2-4,6-7,9-10,12,17,29H,5,8,11,13-14H2,1H3,(H,24,30)(H,25,26,27)/t17-/m1/s1. The minimum atomic E-state index is -0.878. The first-order chi connectivity index (χ1) is 15.5. The van der Waals surface area contributed by atoms with Gasteiger partial charge in [0.25, 0.3) is 11.8 Å². The number of carbonyl (C=O) groups is 2. The van der Waals surface area contributed by atoms with Crippen molar-refractivity contribution in [3.8, 4) is 5.75 Å². The first-order valence-corrected chi connectivity index (χ1v) is 10.5. The molecule has 32 heavy (non-hydrogen) atoms. The largest absolute Gasteiger partial charge is 0.489 e. The maximum absolute atomic E-state index is 13.0. The van der Waals surface area contributed by atoms with E-state index in [0.29, 0.717) is 36.5 Å².